The van der Waals surface area contributed by atoms with Gasteiger partial charge in [-0.2, -0.15) is 13.2 Å². The number of nitrogens with zero attached hydrogens (tertiary/aromatic N) is 2. The molecule has 1 fully saturated rings. The lowest BCUT2D eigenvalue weighted by molar-refractivity contribution is -0.163. The van der Waals surface area contributed by atoms with Crippen molar-refractivity contribution in [2.24, 2.45) is 11.8 Å². The minimum absolute atomic E-state index is 0.0248. The van der Waals surface area contributed by atoms with Gasteiger partial charge >= 0.3 is 6.18 Å². The first kappa shape index (κ1) is 18.2. The summed E-state index contributed by atoms with van der Waals surface area (Å²) in [6, 6.07) is 0. The molecule has 1 aliphatic rings. The first-order chi connectivity index (χ1) is 9.58. The van der Waals surface area contributed by atoms with Gasteiger partial charge in [0.15, 0.2) is 0 Å². The Hall–Kier alpha value is -0.820. The standard InChI is InChI=1S/C14H25F3N2O2/c1-10(2)6-19(9-14(15,16)17)13(21)8-18-5-4-11(3)12(20)7-18/h10-12,20H,4-9H2,1-3H3. The van der Waals surface area contributed by atoms with Crippen molar-refractivity contribution in [2.75, 3.05) is 32.7 Å². The van der Waals surface area contributed by atoms with Crippen LogP contribution in [0.4, 0.5) is 13.2 Å². The van der Waals surface area contributed by atoms with Crippen LogP contribution in [-0.2, 0) is 4.79 Å². The zero-order valence-electron chi connectivity index (χ0n) is 12.9. The summed E-state index contributed by atoms with van der Waals surface area (Å²) in [5, 5.41) is 9.78. The monoisotopic (exact) mass is 310 g/mol. The largest absolute Gasteiger partial charge is 0.406 e. The lowest BCUT2D eigenvalue weighted by Crippen LogP contribution is -2.50. The predicted molar refractivity (Wildman–Crippen MR) is 73.7 cm³/mol. The maximum absolute atomic E-state index is 12.6. The number of aliphatic hydroxyl groups excluding tert-OH is 1. The van der Waals surface area contributed by atoms with E-state index in [-0.39, 0.29) is 24.9 Å². The Balaban J connectivity index is 2.59. The van der Waals surface area contributed by atoms with Crippen molar-refractivity contribution < 1.29 is 23.1 Å². The van der Waals surface area contributed by atoms with Crippen molar-refractivity contribution in [3.63, 3.8) is 0 Å². The van der Waals surface area contributed by atoms with Crippen LogP contribution in [0.25, 0.3) is 0 Å². The van der Waals surface area contributed by atoms with Crippen molar-refractivity contribution in [3.05, 3.63) is 0 Å². The summed E-state index contributed by atoms with van der Waals surface area (Å²) >= 11 is 0. The van der Waals surface area contributed by atoms with Crippen LogP contribution in [0.5, 0.6) is 0 Å². The van der Waals surface area contributed by atoms with Gasteiger partial charge in [-0.3, -0.25) is 9.69 Å². The minimum atomic E-state index is -4.39. The van der Waals surface area contributed by atoms with Crippen LogP contribution in [0.2, 0.25) is 0 Å². The van der Waals surface area contributed by atoms with Crippen molar-refractivity contribution in [2.45, 2.75) is 39.5 Å². The molecule has 1 heterocycles. The van der Waals surface area contributed by atoms with Gasteiger partial charge in [-0.25, -0.2) is 0 Å². The Bertz CT molecular complexity index is 348. The van der Waals surface area contributed by atoms with Gasteiger partial charge in [-0.1, -0.05) is 20.8 Å². The highest BCUT2D eigenvalue weighted by molar-refractivity contribution is 5.78. The number of amides is 1. The van der Waals surface area contributed by atoms with Crippen LogP contribution in [-0.4, -0.2) is 65.8 Å². The van der Waals surface area contributed by atoms with E-state index < -0.39 is 24.7 Å². The first-order valence-electron chi connectivity index (χ1n) is 7.33. The van der Waals surface area contributed by atoms with E-state index in [2.05, 4.69) is 0 Å². The molecule has 0 bridgehead atoms. The number of carbonyl (C=O) groups excluding carboxylic acids is 1. The molecule has 0 aromatic heterocycles. The van der Waals surface area contributed by atoms with E-state index in [4.69, 9.17) is 0 Å². The average Bonchev–Trinajstić information content (AvgIpc) is 2.30. The Kier molecular flexibility index (Phi) is 6.46. The Morgan fingerprint density at radius 3 is 2.52 bits per heavy atom. The Morgan fingerprint density at radius 2 is 2.05 bits per heavy atom. The SMILES string of the molecule is CC(C)CN(CC(F)(F)F)C(=O)CN1CCC(C)C(O)C1. The molecule has 0 spiro atoms. The number of likely N-dealkylation sites (tertiary alicyclic amines) is 1. The lowest BCUT2D eigenvalue weighted by atomic mass is 9.96. The van der Waals surface area contributed by atoms with Crippen molar-refractivity contribution in [1.29, 1.82) is 0 Å². The second kappa shape index (κ2) is 7.45. The fourth-order valence-electron chi connectivity index (χ4n) is 2.46. The number of rotatable bonds is 5. The number of alkyl halides is 3. The van der Waals surface area contributed by atoms with Gasteiger partial charge < -0.3 is 10.0 Å². The van der Waals surface area contributed by atoms with E-state index in [1.807, 2.05) is 6.92 Å². The molecule has 7 heteroatoms. The third-order valence-corrected chi connectivity index (χ3v) is 3.67. The van der Waals surface area contributed by atoms with Gasteiger partial charge in [0.25, 0.3) is 0 Å². The molecule has 4 nitrogen and oxygen atoms in total. The number of piperidine rings is 1. The zero-order chi connectivity index (χ0) is 16.2. The molecule has 2 unspecified atom stereocenters. The lowest BCUT2D eigenvalue weighted by Gasteiger charge is -2.35. The molecule has 0 saturated carbocycles. The van der Waals surface area contributed by atoms with Gasteiger partial charge in [0.1, 0.15) is 6.54 Å². The maximum Gasteiger partial charge on any atom is 0.406 e. The molecule has 0 aromatic rings. The fraction of sp³-hybridized carbons (Fsp3) is 0.929. The van der Waals surface area contributed by atoms with E-state index >= 15 is 0 Å². The van der Waals surface area contributed by atoms with Crippen molar-refractivity contribution in [1.82, 2.24) is 9.80 Å². The molecule has 1 aliphatic heterocycles. The fourth-order valence-corrected chi connectivity index (χ4v) is 2.46. The van der Waals surface area contributed by atoms with Crippen LogP contribution in [0, 0.1) is 11.8 Å². The number of hydrogen-bond donors (Lipinski definition) is 1. The van der Waals surface area contributed by atoms with E-state index in [1.165, 1.54) is 0 Å². The minimum Gasteiger partial charge on any atom is -0.392 e. The summed E-state index contributed by atoms with van der Waals surface area (Å²) < 4.78 is 37.7. The van der Waals surface area contributed by atoms with Crippen LogP contribution >= 0.6 is 0 Å². The Morgan fingerprint density at radius 1 is 1.43 bits per heavy atom. The number of aliphatic hydroxyl groups is 1. The second-order valence-corrected chi connectivity index (χ2v) is 6.35. The van der Waals surface area contributed by atoms with Crippen LogP contribution in [0.1, 0.15) is 27.2 Å². The molecule has 0 aliphatic carbocycles. The molecular weight excluding hydrogens is 285 g/mol. The van der Waals surface area contributed by atoms with E-state index in [0.29, 0.717) is 13.1 Å². The van der Waals surface area contributed by atoms with Gasteiger partial charge in [0, 0.05) is 13.1 Å². The molecule has 1 amide bonds. The summed E-state index contributed by atoms with van der Waals surface area (Å²) in [6.45, 7) is 5.28. The molecule has 2 atom stereocenters. The van der Waals surface area contributed by atoms with Crippen molar-refractivity contribution in [3.8, 4) is 0 Å². The molecule has 124 valence electrons. The summed E-state index contributed by atoms with van der Waals surface area (Å²) in [7, 11) is 0. The molecule has 1 rings (SSSR count). The van der Waals surface area contributed by atoms with Crippen LogP contribution in [0.15, 0.2) is 0 Å². The first-order valence-corrected chi connectivity index (χ1v) is 7.33. The third-order valence-electron chi connectivity index (χ3n) is 3.67. The molecular formula is C14H25F3N2O2. The van der Waals surface area contributed by atoms with Gasteiger partial charge in [-0.05, 0) is 24.8 Å². The van der Waals surface area contributed by atoms with Gasteiger partial charge in [-0.15, -0.1) is 0 Å². The Labute approximate surface area is 123 Å². The quantitative estimate of drug-likeness (QED) is 0.841. The molecule has 0 aromatic carbocycles. The van der Waals surface area contributed by atoms with Gasteiger partial charge in [0.05, 0.1) is 12.6 Å². The molecule has 21 heavy (non-hydrogen) atoms. The normalized spacial score (nSPS) is 24.4. The highest BCUT2D eigenvalue weighted by Gasteiger charge is 2.34. The van der Waals surface area contributed by atoms with Crippen LogP contribution in [0.3, 0.4) is 0 Å². The maximum atomic E-state index is 12.6. The highest BCUT2D eigenvalue weighted by atomic mass is 19.4. The molecule has 1 N–H and O–H groups in total. The van der Waals surface area contributed by atoms with E-state index in [9.17, 15) is 23.1 Å². The summed E-state index contributed by atoms with van der Waals surface area (Å²) in [5.41, 5.74) is 0. The van der Waals surface area contributed by atoms with Gasteiger partial charge in [0.2, 0.25) is 5.91 Å². The summed E-state index contributed by atoms with van der Waals surface area (Å²) in [5.74, 6) is -0.385. The summed E-state index contributed by atoms with van der Waals surface area (Å²) in [6.07, 6.45) is -4.16. The summed E-state index contributed by atoms with van der Waals surface area (Å²) in [4.78, 5) is 14.7. The second-order valence-electron chi connectivity index (χ2n) is 6.35. The molecule has 0 radical (unpaired) electrons. The van der Waals surface area contributed by atoms with Crippen molar-refractivity contribution >= 4 is 5.91 Å². The zero-order valence-corrected chi connectivity index (χ0v) is 12.9. The predicted octanol–water partition coefficient (Wildman–Crippen LogP) is 1.74. The number of halogens is 3. The average molecular weight is 310 g/mol. The number of β-amino-alcohol motifs (C(OH)–C–C–N with tert-alkyl or cyclic N) is 1. The number of carbonyl (C=O) groups is 1. The van der Waals surface area contributed by atoms with Crippen LogP contribution < -0.4 is 0 Å². The topological polar surface area (TPSA) is 43.8 Å². The van der Waals surface area contributed by atoms with E-state index in [1.54, 1.807) is 18.7 Å². The highest BCUT2D eigenvalue weighted by Crippen LogP contribution is 2.19. The molecule has 1 saturated heterocycles. The third kappa shape index (κ3) is 6.65. The van der Waals surface area contributed by atoms with E-state index in [0.717, 1.165) is 11.3 Å². The smallest absolute Gasteiger partial charge is 0.392 e. The number of hydrogen-bond acceptors (Lipinski definition) is 3.